The van der Waals surface area contributed by atoms with Gasteiger partial charge in [-0.2, -0.15) is 0 Å². The highest BCUT2D eigenvalue weighted by Crippen LogP contribution is 2.26. The largest absolute Gasteiger partial charge is 0.318 e. The highest BCUT2D eigenvalue weighted by atomic mass is 33.1. The summed E-state index contributed by atoms with van der Waals surface area (Å²) in [4.78, 5) is 0. The van der Waals surface area contributed by atoms with Crippen molar-refractivity contribution in [2.75, 3.05) is 18.6 Å². The van der Waals surface area contributed by atoms with E-state index >= 15 is 0 Å². The van der Waals surface area contributed by atoms with Crippen molar-refractivity contribution in [1.29, 1.82) is 0 Å². The highest BCUT2D eigenvalue weighted by Gasteiger charge is 2.37. The zero-order valence-corrected chi connectivity index (χ0v) is 14.6. The normalized spacial score (nSPS) is 13.9. The predicted molar refractivity (Wildman–Crippen MR) is 82.5 cm³/mol. The Hall–Kier alpha value is 0.260. The molecule has 0 fully saturated rings. The molecular weight excluding hydrogens is 266 g/mol. The van der Waals surface area contributed by atoms with E-state index in [2.05, 4.69) is 41.5 Å². The third-order valence-electron chi connectivity index (χ3n) is 3.87. The van der Waals surface area contributed by atoms with Crippen LogP contribution < -0.4 is 0 Å². The van der Waals surface area contributed by atoms with Gasteiger partial charge in [0.15, 0.2) is 8.87 Å². The first-order chi connectivity index (χ1) is 8.04. The first kappa shape index (κ1) is 18.3. The van der Waals surface area contributed by atoms with Crippen LogP contribution in [-0.4, -0.2) is 49.6 Å². The molecule has 0 aromatic rings. The highest BCUT2D eigenvalue weighted by molar-refractivity contribution is 8.71. The fraction of sp³-hybridized carbons (Fsp3) is 1.00. The summed E-state index contributed by atoms with van der Waals surface area (Å²) in [5.41, 5.74) is 0. The lowest BCUT2D eigenvalue weighted by Gasteiger charge is -2.49. The fourth-order valence-electron chi connectivity index (χ4n) is 3.11. The van der Waals surface area contributed by atoms with Crippen LogP contribution in [0.2, 0.25) is 0 Å². The molecule has 0 heterocycles. The molecule has 0 aliphatic heterocycles. The summed E-state index contributed by atoms with van der Waals surface area (Å²) in [5.74, 6) is 0.699. The van der Waals surface area contributed by atoms with Crippen molar-refractivity contribution in [3.05, 3.63) is 0 Å². The average molecular weight is 297 g/mol. The smallest absolute Gasteiger partial charge is 0.198 e. The van der Waals surface area contributed by atoms with Gasteiger partial charge in [0.2, 0.25) is 0 Å². The standard InChI is InChI=1S/C13H30NO2S2/c1-11(2)14(12(3)4,13(5)6)9-8-10-17-18(7,15)16/h11-13H,8-10H2,1-7H3/q+1. The van der Waals surface area contributed by atoms with Crippen LogP contribution in [-0.2, 0) is 8.87 Å². The van der Waals surface area contributed by atoms with Crippen LogP contribution in [0.1, 0.15) is 48.0 Å². The summed E-state index contributed by atoms with van der Waals surface area (Å²) >= 11 is 0. The Bertz CT molecular complexity index is 313. The third-order valence-corrected chi connectivity index (χ3v) is 6.54. The topological polar surface area (TPSA) is 34.1 Å². The summed E-state index contributed by atoms with van der Waals surface area (Å²) in [5, 5.41) is 0. The SMILES string of the molecule is CC(C)[N+](CCCSS(C)(=O)=O)(C(C)C)C(C)C. The van der Waals surface area contributed by atoms with E-state index in [0.29, 0.717) is 23.9 Å². The molecule has 0 amide bonds. The number of hydrogen-bond donors (Lipinski definition) is 0. The monoisotopic (exact) mass is 296 g/mol. The van der Waals surface area contributed by atoms with Crippen LogP contribution in [0.4, 0.5) is 0 Å². The lowest BCUT2D eigenvalue weighted by Crippen LogP contribution is -2.62. The van der Waals surface area contributed by atoms with Crippen LogP contribution in [0.25, 0.3) is 0 Å². The van der Waals surface area contributed by atoms with Crippen LogP contribution in [0.3, 0.4) is 0 Å². The molecule has 0 N–H and O–H groups in total. The van der Waals surface area contributed by atoms with Gasteiger partial charge in [-0.25, -0.2) is 8.42 Å². The Morgan fingerprint density at radius 3 is 1.61 bits per heavy atom. The van der Waals surface area contributed by atoms with Crippen LogP contribution in [0.5, 0.6) is 0 Å². The van der Waals surface area contributed by atoms with Crippen molar-refractivity contribution in [1.82, 2.24) is 0 Å². The average Bonchev–Trinajstić information content (AvgIpc) is 2.13. The Morgan fingerprint density at radius 1 is 0.944 bits per heavy atom. The molecular formula is C13H30NO2S2+. The maximum Gasteiger partial charge on any atom is 0.198 e. The lowest BCUT2D eigenvalue weighted by atomic mass is 10.0. The van der Waals surface area contributed by atoms with Gasteiger partial charge in [0, 0.05) is 18.4 Å². The van der Waals surface area contributed by atoms with Gasteiger partial charge in [-0.15, -0.1) is 0 Å². The zero-order chi connectivity index (χ0) is 14.6. The van der Waals surface area contributed by atoms with Crippen molar-refractivity contribution >= 4 is 19.7 Å². The molecule has 0 aliphatic rings. The van der Waals surface area contributed by atoms with Crippen molar-refractivity contribution in [3.63, 3.8) is 0 Å². The fourth-order valence-corrected chi connectivity index (χ4v) is 4.92. The van der Waals surface area contributed by atoms with Crippen LogP contribution >= 0.6 is 10.8 Å². The van der Waals surface area contributed by atoms with E-state index in [1.807, 2.05) is 0 Å². The molecule has 0 aromatic carbocycles. The minimum absolute atomic E-state index is 0.563. The molecule has 0 saturated carbocycles. The Labute approximate surface area is 117 Å². The third kappa shape index (κ3) is 5.10. The quantitative estimate of drug-likeness (QED) is 0.392. The predicted octanol–water partition coefficient (Wildman–Crippen LogP) is 3.11. The molecule has 0 bridgehead atoms. The van der Waals surface area contributed by atoms with E-state index in [9.17, 15) is 8.42 Å². The van der Waals surface area contributed by atoms with Gasteiger partial charge in [0.25, 0.3) is 0 Å². The first-order valence-corrected chi connectivity index (χ1v) is 10.1. The number of nitrogens with zero attached hydrogens (tertiary/aromatic N) is 1. The maximum absolute atomic E-state index is 11.1. The van der Waals surface area contributed by atoms with E-state index < -0.39 is 8.87 Å². The van der Waals surface area contributed by atoms with E-state index in [1.165, 1.54) is 6.26 Å². The molecule has 0 aliphatic carbocycles. The molecule has 0 radical (unpaired) electrons. The molecule has 0 atom stereocenters. The Balaban J connectivity index is 4.62. The summed E-state index contributed by atoms with van der Waals surface area (Å²) in [6.45, 7) is 14.7. The van der Waals surface area contributed by atoms with E-state index in [-0.39, 0.29) is 0 Å². The van der Waals surface area contributed by atoms with E-state index in [0.717, 1.165) is 28.2 Å². The second-order valence-corrected chi connectivity index (χ2v) is 10.5. The molecule has 5 heteroatoms. The van der Waals surface area contributed by atoms with Crippen molar-refractivity contribution in [2.24, 2.45) is 0 Å². The summed E-state index contributed by atoms with van der Waals surface area (Å²) in [6, 6.07) is 1.69. The molecule has 0 aromatic heterocycles. The van der Waals surface area contributed by atoms with Gasteiger partial charge in [-0.3, -0.25) is 0 Å². The van der Waals surface area contributed by atoms with E-state index in [1.54, 1.807) is 0 Å². The maximum atomic E-state index is 11.1. The van der Waals surface area contributed by atoms with E-state index in [4.69, 9.17) is 0 Å². The zero-order valence-electron chi connectivity index (χ0n) is 12.9. The van der Waals surface area contributed by atoms with Crippen LogP contribution in [0.15, 0.2) is 0 Å². The number of hydrogen-bond acceptors (Lipinski definition) is 3. The molecule has 0 spiro atoms. The number of rotatable bonds is 8. The first-order valence-electron chi connectivity index (χ1n) is 6.75. The Kier molecular flexibility index (Phi) is 7.26. The van der Waals surface area contributed by atoms with Gasteiger partial charge < -0.3 is 4.48 Å². The minimum atomic E-state index is -2.89. The second-order valence-electron chi connectivity index (χ2n) is 5.88. The Morgan fingerprint density at radius 2 is 1.33 bits per heavy atom. The van der Waals surface area contributed by atoms with Gasteiger partial charge >= 0.3 is 0 Å². The minimum Gasteiger partial charge on any atom is -0.318 e. The molecule has 3 nitrogen and oxygen atoms in total. The summed E-state index contributed by atoms with van der Waals surface area (Å²) in [6.07, 6.45) is 2.24. The van der Waals surface area contributed by atoms with Crippen LogP contribution in [0, 0.1) is 0 Å². The summed E-state index contributed by atoms with van der Waals surface area (Å²) in [7, 11) is -1.82. The van der Waals surface area contributed by atoms with Crippen molar-refractivity contribution in [2.45, 2.75) is 66.1 Å². The number of quaternary nitrogens is 1. The molecule has 110 valence electrons. The van der Waals surface area contributed by atoms with Crippen molar-refractivity contribution < 1.29 is 12.9 Å². The molecule has 18 heavy (non-hydrogen) atoms. The second kappa shape index (κ2) is 7.15. The van der Waals surface area contributed by atoms with Gasteiger partial charge in [0.1, 0.15) is 0 Å². The molecule has 0 saturated heterocycles. The van der Waals surface area contributed by atoms with Gasteiger partial charge in [0.05, 0.1) is 24.7 Å². The van der Waals surface area contributed by atoms with Gasteiger partial charge in [-0.1, -0.05) is 0 Å². The molecule has 0 rings (SSSR count). The van der Waals surface area contributed by atoms with Crippen molar-refractivity contribution in [3.8, 4) is 0 Å². The lowest BCUT2D eigenvalue weighted by molar-refractivity contribution is -0.985. The summed E-state index contributed by atoms with van der Waals surface area (Å²) < 4.78 is 23.3. The molecule has 0 unspecified atom stereocenters. The van der Waals surface area contributed by atoms with Gasteiger partial charge in [-0.05, 0) is 52.3 Å².